The SMILES string of the molecule is COC(=O)[C@@H](NC(=O)C(=O)Nc1ccc(-c2cnco2)c(OC)c1)C(C)(C)C. The van der Waals surface area contributed by atoms with Gasteiger partial charge in [0.2, 0.25) is 0 Å². The van der Waals surface area contributed by atoms with E-state index in [2.05, 4.69) is 15.6 Å². The normalized spacial score (nSPS) is 12.0. The van der Waals surface area contributed by atoms with Crippen molar-refractivity contribution in [3.8, 4) is 17.1 Å². The van der Waals surface area contributed by atoms with Crippen molar-refractivity contribution < 1.29 is 28.3 Å². The van der Waals surface area contributed by atoms with Gasteiger partial charge in [0.15, 0.2) is 12.2 Å². The molecule has 150 valence electrons. The van der Waals surface area contributed by atoms with Gasteiger partial charge in [-0.2, -0.15) is 0 Å². The summed E-state index contributed by atoms with van der Waals surface area (Å²) in [6, 6.07) is 3.83. The molecule has 1 heterocycles. The Hall–Kier alpha value is -3.36. The van der Waals surface area contributed by atoms with E-state index in [9.17, 15) is 14.4 Å². The summed E-state index contributed by atoms with van der Waals surface area (Å²) in [7, 11) is 2.69. The Morgan fingerprint density at radius 1 is 1.14 bits per heavy atom. The highest BCUT2D eigenvalue weighted by atomic mass is 16.5. The van der Waals surface area contributed by atoms with Crippen molar-refractivity contribution >= 4 is 23.5 Å². The van der Waals surface area contributed by atoms with Crippen molar-refractivity contribution in [2.75, 3.05) is 19.5 Å². The van der Waals surface area contributed by atoms with E-state index < -0.39 is 29.2 Å². The summed E-state index contributed by atoms with van der Waals surface area (Å²) in [5, 5.41) is 4.88. The van der Waals surface area contributed by atoms with Gasteiger partial charge in [0.05, 0.1) is 26.0 Å². The van der Waals surface area contributed by atoms with Gasteiger partial charge in [-0.25, -0.2) is 9.78 Å². The van der Waals surface area contributed by atoms with Gasteiger partial charge in [-0.1, -0.05) is 20.8 Å². The quantitative estimate of drug-likeness (QED) is 0.593. The zero-order valence-electron chi connectivity index (χ0n) is 16.4. The fraction of sp³-hybridized carbons (Fsp3) is 0.368. The Kier molecular flexibility index (Phi) is 6.40. The Morgan fingerprint density at radius 3 is 2.39 bits per heavy atom. The molecule has 2 N–H and O–H groups in total. The summed E-state index contributed by atoms with van der Waals surface area (Å²) in [5.41, 5.74) is 0.344. The van der Waals surface area contributed by atoms with Crippen molar-refractivity contribution in [1.29, 1.82) is 0 Å². The van der Waals surface area contributed by atoms with Crippen LogP contribution in [-0.2, 0) is 19.1 Å². The highest BCUT2D eigenvalue weighted by molar-refractivity contribution is 6.40. The van der Waals surface area contributed by atoms with E-state index in [1.54, 1.807) is 39.0 Å². The predicted octanol–water partition coefficient (Wildman–Crippen LogP) is 1.99. The van der Waals surface area contributed by atoms with Crippen LogP contribution in [0.2, 0.25) is 0 Å². The molecule has 2 aromatic rings. The number of rotatable bonds is 5. The number of hydrogen-bond acceptors (Lipinski definition) is 7. The highest BCUT2D eigenvalue weighted by Gasteiger charge is 2.35. The molecular weight excluding hydrogens is 366 g/mol. The van der Waals surface area contributed by atoms with Crippen molar-refractivity contribution in [3.05, 3.63) is 30.8 Å². The Morgan fingerprint density at radius 2 is 1.86 bits per heavy atom. The minimum atomic E-state index is -0.973. The van der Waals surface area contributed by atoms with Gasteiger partial charge in [0, 0.05) is 11.8 Å². The molecule has 0 fully saturated rings. The van der Waals surface area contributed by atoms with Crippen LogP contribution in [0.3, 0.4) is 0 Å². The van der Waals surface area contributed by atoms with Crippen LogP contribution in [0.5, 0.6) is 5.75 Å². The molecule has 28 heavy (non-hydrogen) atoms. The maximum absolute atomic E-state index is 12.3. The third-order valence-electron chi connectivity index (χ3n) is 3.94. The van der Waals surface area contributed by atoms with Crippen LogP contribution in [0.15, 0.2) is 35.2 Å². The molecule has 9 heteroatoms. The number of aromatic nitrogens is 1. The highest BCUT2D eigenvalue weighted by Crippen LogP contribution is 2.32. The molecule has 2 rings (SSSR count). The van der Waals surface area contributed by atoms with Gasteiger partial charge in [0.1, 0.15) is 11.8 Å². The standard InChI is InChI=1S/C19H23N3O6/c1-19(2,3)15(18(25)27-5)22-17(24)16(23)21-11-6-7-12(13(8-11)26-4)14-9-20-10-28-14/h6-10,15H,1-5H3,(H,21,23)(H,22,24)/t15-/m1/s1. The van der Waals surface area contributed by atoms with Crippen LogP contribution in [0, 0.1) is 5.41 Å². The molecule has 0 unspecified atom stereocenters. The van der Waals surface area contributed by atoms with Crippen LogP contribution < -0.4 is 15.4 Å². The van der Waals surface area contributed by atoms with E-state index in [1.165, 1.54) is 26.8 Å². The van der Waals surface area contributed by atoms with Gasteiger partial charge in [-0.3, -0.25) is 9.59 Å². The van der Waals surface area contributed by atoms with Crippen LogP contribution in [0.4, 0.5) is 5.69 Å². The van der Waals surface area contributed by atoms with E-state index in [4.69, 9.17) is 13.9 Å². The second kappa shape index (κ2) is 8.55. The summed E-state index contributed by atoms with van der Waals surface area (Å²) in [5.74, 6) is -1.58. The zero-order chi connectivity index (χ0) is 20.9. The minimum absolute atomic E-state index is 0.339. The van der Waals surface area contributed by atoms with E-state index in [0.717, 1.165) is 0 Å². The molecule has 9 nitrogen and oxygen atoms in total. The molecule has 0 aliphatic heterocycles. The molecular formula is C19H23N3O6. The number of nitrogens with zero attached hydrogens (tertiary/aromatic N) is 1. The van der Waals surface area contributed by atoms with Gasteiger partial charge in [-0.15, -0.1) is 0 Å². The second-order valence-corrected chi connectivity index (χ2v) is 7.03. The first-order chi connectivity index (χ1) is 13.2. The molecule has 1 atom stereocenters. The molecule has 1 aromatic carbocycles. The largest absolute Gasteiger partial charge is 0.496 e. The van der Waals surface area contributed by atoms with Crippen LogP contribution in [0.25, 0.3) is 11.3 Å². The van der Waals surface area contributed by atoms with Gasteiger partial charge < -0.3 is 24.5 Å². The molecule has 1 aromatic heterocycles. The summed E-state index contributed by atoms with van der Waals surface area (Å²) in [6.07, 6.45) is 2.82. The number of benzene rings is 1. The van der Waals surface area contributed by atoms with E-state index in [0.29, 0.717) is 22.8 Å². The minimum Gasteiger partial charge on any atom is -0.496 e. The van der Waals surface area contributed by atoms with Crippen molar-refractivity contribution in [3.63, 3.8) is 0 Å². The molecule has 0 bridgehead atoms. The molecule has 0 saturated heterocycles. The fourth-order valence-electron chi connectivity index (χ4n) is 2.45. The number of esters is 1. The zero-order valence-corrected chi connectivity index (χ0v) is 16.4. The first-order valence-electron chi connectivity index (χ1n) is 8.44. The fourth-order valence-corrected chi connectivity index (χ4v) is 2.45. The third kappa shape index (κ3) is 4.87. The lowest BCUT2D eigenvalue weighted by atomic mass is 9.86. The summed E-state index contributed by atoms with van der Waals surface area (Å²) in [6.45, 7) is 5.25. The van der Waals surface area contributed by atoms with Gasteiger partial charge >= 0.3 is 17.8 Å². The van der Waals surface area contributed by atoms with E-state index in [-0.39, 0.29) is 0 Å². The number of carbonyl (C=O) groups is 3. The molecule has 0 radical (unpaired) electrons. The predicted molar refractivity (Wildman–Crippen MR) is 101 cm³/mol. The number of ether oxygens (including phenoxy) is 2. The Labute approximate surface area is 162 Å². The number of nitrogens with one attached hydrogen (secondary N) is 2. The van der Waals surface area contributed by atoms with Crippen molar-refractivity contribution in [2.24, 2.45) is 5.41 Å². The van der Waals surface area contributed by atoms with E-state index >= 15 is 0 Å². The Balaban J connectivity index is 2.13. The summed E-state index contributed by atoms with van der Waals surface area (Å²) >= 11 is 0. The topological polar surface area (TPSA) is 120 Å². The average molecular weight is 389 g/mol. The number of oxazole rings is 1. The molecule has 0 aliphatic carbocycles. The van der Waals surface area contributed by atoms with Crippen LogP contribution in [-0.4, -0.2) is 43.0 Å². The van der Waals surface area contributed by atoms with Crippen LogP contribution >= 0.6 is 0 Å². The number of carbonyl (C=O) groups excluding carboxylic acids is 3. The summed E-state index contributed by atoms with van der Waals surface area (Å²) < 4.78 is 15.3. The maximum Gasteiger partial charge on any atom is 0.328 e. The average Bonchev–Trinajstić information content (AvgIpc) is 3.18. The molecule has 0 saturated carbocycles. The molecule has 0 spiro atoms. The number of anilines is 1. The summed E-state index contributed by atoms with van der Waals surface area (Å²) in [4.78, 5) is 40.3. The van der Waals surface area contributed by atoms with Crippen molar-refractivity contribution in [1.82, 2.24) is 10.3 Å². The molecule has 2 amide bonds. The van der Waals surface area contributed by atoms with E-state index in [1.807, 2.05) is 0 Å². The van der Waals surface area contributed by atoms with Gasteiger partial charge in [0.25, 0.3) is 0 Å². The number of methoxy groups -OCH3 is 2. The second-order valence-electron chi connectivity index (χ2n) is 7.03. The molecule has 0 aliphatic rings. The number of amides is 2. The lowest BCUT2D eigenvalue weighted by molar-refractivity contribution is -0.149. The van der Waals surface area contributed by atoms with Crippen LogP contribution in [0.1, 0.15) is 20.8 Å². The number of hydrogen-bond donors (Lipinski definition) is 2. The Bertz CT molecular complexity index is 855. The monoisotopic (exact) mass is 389 g/mol. The first-order valence-corrected chi connectivity index (χ1v) is 8.44. The first kappa shape index (κ1) is 20.9. The smallest absolute Gasteiger partial charge is 0.328 e. The van der Waals surface area contributed by atoms with Gasteiger partial charge in [-0.05, 0) is 17.5 Å². The lowest BCUT2D eigenvalue weighted by Crippen LogP contribution is -2.52. The third-order valence-corrected chi connectivity index (χ3v) is 3.94. The maximum atomic E-state index is 12.3. The lowest BCUT2D eigenvalue weighted by Gasteiger charge is -2.28. The van der Waals surface area contributed by atoms with Crippen molar-refractivity contribution in [2.45, 2.75) is 26.8 Å².